The van der Waals surface area contributed by atoms with E-state index in [1.165, 1.54) is 49.4 Å². The van der Waals surface area contributed by atoms with Crippen LogP contribution in [-0.2, 0) is 0 Å². The maximum absolute atomic E-state index is 5.43. The first-order valence-corrected chi connectivity index (χ1v) is 19.3. The molecule has 11 rings (SSSR count). The molecular formula is C52H36N4. The Hall–Kier alpha value is -7.30. The molecule has 0 radical (unpaired) electrons. The zero-order valence-corrected chi connectivity index (χ0v) is 30.7. The van der Waals surface area contributed by atoms with Crippen molar-refractivity contribution in [3.05, 3.63) is 200 Å². The third-order valence-electron chi connectivity index (χ3n) is 11.2. The fourth-order valence-electron chi connectivity index (χ4n) is 8.56. The third-order valence-corrected chi connectivity index (χ3v) is 11.2. The summed E-state index contributed by atoms with van der Waals surface area (Å²) < 4.78 is 4.70. The predicted octanol–water partition coefficient (Wildman–Crippen LogP) is 13.4. The van der Waals surface area contributed by atoms with Crippen molar-refractivity contribution in [3.8, 4) is 39.3 Å². The molecule has 1 aliphatic rings. The summed E-state index contributed by atoms with van der Waals surface area (Å²) in [5, 5.41) is 4.84. The van der Waals surface area contributed by atoms with Crippen LogP contribution in [0.5, 0.6) is 0 Å². The molecule has 1 aliphatic heterocycles. The van der Waals surface area contributed by atoms with Crippen molar-refractivity contribution in [1.29, 1.82) is 0 Å². The number of benzene rings is 7. The molecule has 0 saturated heterocycles. The van der Waals surface area contributed by atoms with E-state index in [-0.39, 0.29) is 0 Å². The van der Waals surface area contributed by atoms with Crippen LogP contribution in [0.3, 0.4) is 0 Å². The van der Waals surface area contributed by atoms with E-state index in [1.54, 1.807) is 0 Å². The molecule has 0 saturated carbocycles. The molecule has 4 heterocycles. The van der Waals surface area contributed by atoms with Gasteiger partial charge in [0.15, 0.2) is 0 Å². The molecule has 0 bridgehead atoms. The van der Waals surface area contributed by atoms with Crippen LogP contribution < -0.4 is 0 Å². The van der Waals surface area contributed by atoms with Gasteiger partial charge in [-0.25, -0.2) is 9.98 Å². The summed E-state index contributed by atoms with van der Waals surface area (Å²) in [5.41, 5.74) is 13.6. The minimum atomic E-state index is 0.885. The molecular weight excluding hydrogens is 681 g/mol. The second-order valence-corrected chi connectivity index (χ2v) is 14.5. The zero-order chi connectivity index (χ0) is 37.0. The van der Waals surface area contributed by atoms with Gasteiger partial charge in [0, 0.05) is 27.1 Å². The summed E-state index contributed by atoms with van der Waals surface area (Å²) in [5.74, 6) is 1.85. The highest BCUT2D eigenvalue weighted by molar-refractivity contribution is 6.19. The van der Waals surface area contributed by atoms with Gasteiger partial charge in [0.1, 0.15) is 11.6 Å². The minimum Gasteiger partial charge on any atom is -0.294 e. The van der Waals surface area contributed by atoms with Crippen molar-refractivity contribution in [3.63, 3.8) is 0 Å². The van der Waals surface area contributed by atoms with E-state index in [0.29, 0.717) is 0 Å². The summed E-state index contributed by atoms with van der Waals surface area (Å²) in [6.45, 7) is 0. The number of allylic oxidation sites excluding steroid dienone is 1. The van der Waals surface area contributed by atoms with Crippen LogP contribution in [0.1, 0.15) is 18.4 Å². The number of fused-ring (bicyclic) bond motifs is 6. The van der Waals surface area contributed by atoms with Gasteiger partial charge >= 0.3 is 0 Å². The Bertz CT molecular complexity index is 3180. The Balaban J connectivity index is 1.09. The molecule has 0 spiro atoms. The Morgan fingerprint density at radius 2 is 0.911 bits per heavy atom. The predicted molar refractivity (Wildman–Crippen MR) is 234 cm³/mol. The summed E-state index contributed by atoms with van der Waals surface area (Å²) in [6.07, 6.45) is 4.11. The average Bonchev–Trinajstić information content (AvgIpc) is 3.78. The Morgan fingerprint density at radius 3 is 1.61 bits per heavy atom. The number of aromatic nitrogens is 3. The molecule has 0 atom stereocenters. The van der Waals surface area contributed by atoms with Crippen LogP contribution in [-0.4, -0.2) is 19.8 Å². The van der Waals surface area contributed by atoms with Crippen molar-refractivity contribution in [2.24, 2.45) is 4.99 Å². The van der Waals surface area contributed by atoms with E-state index in [1.807, 2.05) is 0 Å². The lowest BCUT2D eigenvalue weighted by Gasteiger charge is -2.17. The van der Waals surface area contributed by atoms with E-state index in [4.69, 9.17) is 9.98 Å². The highest BCUT2D eigenvalue weighted by atomic mass is 15.1. The van der Waals surface area contributed by atoms with Crippen molar-refractivity contribution in [1.82, 2.24) is 14.1 Å². The molecule has 0 aliphatic carbocycles. The Kier molecular flexibility index (Phi) is 7.59. The van der Waals surface area contributed by atoms with Crippen LogP contribution in [0, 0.1) is 0 Å². The van der Waals surface area contributed by atoms with Crippen molar-refractivity contribution in [2.75, 3.05) is 0 Å². The minimum absolute atomic E-state index is 0.885. The topological polar surface area (TPSA) is 35.1 Å². The van der Waals surface area contributed by atoms with Crippen LogP contribution in [0.25, 0.3) is 88.8 Å². The molecule has 0 unspecified atom stereocenters. The van der Waals surface area contributed by atoms with E-state index < -0.39 is 0 Å². The van der Waals surface area contributed by atoms with Gasteiger partial charge in [-0.15, -0.1) is 0 Å². The normalized spacial score (nSPS) is 13.1. The van der Waals surface area contributed by atoms with Crippen LogP contribution in [0.2, 0.25) is 0 Å². The molecule has 4 heteroatoms. The number of aliphatic imine (C=N–C) groups is 1. The van der Waals surface area contributed by atoms with Crippen LogP contribution in [0.4, 0.5) is 0 Å². The summed E-state index contributed by atoms with van der Waals surface area (Å²) in [6, 6.07) is 67.1. The van der Waals surface area contributed by atoms with Gasteiger partial charge in [0.2, 0.25) is 0 Å². The fourth-order valence-corrected chi connectivity index (χ4v) is 8.56. The smallest absolute Gasteiger partial charge is 0.138 e. The van der Waals surface area contributed by atoms with Gasteiger partial charge in [0.25, 0.3) is 0 Å². The lowest BCUT2D eigenvalue weighted by atomic mass is 9.98. The van der Waals surface area contributed by atoms with Crippen molar-refractivity contribution >= 4 is 55.1 Å². The highest BCUT2D eigenvalue weighted by Gasteiger charge is 2.21. The van der Waals surface area contributed by atoms with E-state index in [2.05, 4.69) is 203 Å². The second kappa shape index (κ2) is 13.2. The number of hydrogen-bond acceptors (Lipinski definition) is 2. The van der Waals surface area contributed by atoms with Gasteiger partial charge in [-0.2, -0.15) is 0 Å². The number of pyridine rings is 1. The zero-order valence-electron chi connectivity index (χ0n) is 30.7. The number of rotatable bonds is 6. The lowest BCUT2D eigenvalue weighted by Crippen LogP contribution is -2.08. The third kappa shape index (κ3) is 5.38. The monoisotopic (exact) mass is 716 g/mol. The molecule has 7 aromatic carbocycles. The molecule has 0 N–H and O–H groups in total. The summed E-state index contributed by atoms with van der Waals surface area (Å²) in [4.78, 5) is 10.8. The van der Waals surface area contributed by atoms with Crippen LogP contribution in [0.15, 0.2) is 199 Å². The van der Waals surface area contributed by atoms with Crippen molar-refractivity contribution in [2.45, 2.75) is 12.8 Å². The molecule has 264 valence electrons. The number of nitrogens with zero attached hydrogens (tertiary/aromatic N) is 4. The van der Waals surface area contributed by atoms with E-state index in [9.17, 15) is 0 Å². The maximum Gasteiger partial charge on any atom is 0.138 e. The number of hydrogen-bond donors (Lipinski definition) is 0. The second-order valence-electron chi connectivity index (χ2n) is 14.5. The molecule has 56 heavy (non-hydrogen) atoms. The van der Waals surface area contributed by atoms with Gasteiger partial charge in [-0.05, 0) is 95.3 Å². The van der Waals surface area contributed by atoms with Crippen LogP contribution >= 0.6 is 0 Å². The lowest BCUT2D eigenvalue weighted by molar-refractivity contribution is 1.02. The highest BCUT2D eigenvalue weighted by Crippen LogP contribution is 2.40. The van der Waals surface area contributed by atoms with Gasteiger partial charge in [0.05, 0.1) is 33.5 Å². The first-order chi connectivity index (χ1) is 27.8. The van der Waals surface area contributed by atoms with Gasteiger partial charge < -0.3 is 0 Å². The molecule has 0 fully saturated rings. The van der Waals surface area contributed by atoms with Gasteiger partial charge in [-0.3, -0.25) is 9.13 Å². The molecule has 0 amide bonds. The van der Waals surface area contributed by atoms with E-state index in [0.717, 1.165) is 63.5 Å². The summed E-state index contributed by atoms with van der Waals surface area (Å²) >= 11 is 0. The summed E-state index contributed by atoms with van der Waals surface area (Å²) in [7, 11) is 0. The SMILES string of the molecule is C1=C(n2c3ccccc3c3cc4c5ccccc5n(-c5cccc(-c6cccc(-c7ccccc7)c6)n5)c4cc32)N=C(c2cccc(-c3ccccc3)c2)CC1. The average molecular weight is 717 g/mol. The first-order valence-electron chi connectivity index (χ1n) is 19.3. The Morgan fingerprint density at radius 1 is 0.375 bits per heavy atom. The number of para-hydroxylation sites is 2. The molecule has 4 nitrogen and oxygen atoms in total. The maximum atomic E-state index is 5.43. The van der Waals surface area contributed by atoms with E-state index >= 15 is 0 Å². The molecule has 10 aromatic rings. The van der Waals surface area contributed by atoms with Gasteiger partial charge in [-0.1, -0.05) is 140 Å². The Labute approximate surface area is 325 Å². The fraction of sp³-hybridized carbons (Fsp3) is 0.0385. The van der Waals surface area contributed by atoms with Crippen molar-refractivity contribution < 1.29 is 0 Å². The first kappa shape index (κ1) is 32.2. The standard InChI is InChI=1S/C52H36N4/c1-3-15-35(16-4-1)37-19-11-21-39(31-37)45-25-13-29-51(53-45)55-47-27-9-7-23-41(47)43-33-44-42-24-8-10-28-48(42)56(50(44)34-49(43)55)52-30-14-26-46(54-52)40-22-12-20-38(32-40)36-17-5-2-6-18-36/h1-13,15-25,27-34H,14,26H2. The largest absolute Gasteiger partial charge is 0.294 e. The quantitative estimate of drug-likeness (QED) is 0.169. The molecule has 3 aromatic heterocycles.